The molecule has 1 aliphatic rings. The summed E-state index contributed by atoms with van der Waals surface area (Å²) in [6.07, 6.45) is -3.12. The summed E-state index contributed by atoms with van der Waals surface area (Å²) in [6.45, 7) is 1.51. The van der Waals surface area contributed by atoms with Crippen LogP contribution in [0.4, 0.5) is 18.9 Å². The fourth-order valence-electron chi connectivity index (χ4n) is 2.47. The van der Waals surface area contributed by atoms with E-state index in [2.05, 4.69) is 5.16 Å². The van der Waals surface area contributed by atoms with Crippen molar-refractivity contribution in [1.82, 2.24) is 5.16 Å². The maximum atomic E-state index is 12.7. The molecule has 0 aliphatic heterocycles. The molecule has 1 aromatic heterocycles. The average molecular weight is 340 g/mol. The van der Waals surface area contributed by atoms with Crippen molar-refractivity contribution in [3.05, 3.63) is 56.5 Å². The first-order valence-corrected chi connectivity index (χ1v) is 7.06. The Morgan fingerprint density at radius 3 is 2.58 bits per heavy atom. The molecular formula is C15H11F3N2O4. The summed E-state index contributed by atoms with van der Waals surface area (Å²) in [5, 5.41) is 14.8. The largest absolute Gasteiger partial charge is 0.416 e. The number of ketones is 1. The number of alkyl halides is 3. The van der Waals surface area contributed by atoms with Crippen molar-refractivity contribution in [2.45, 2.75) is 31.9 Å². The lowest BCUT2D eigenvalue weighted by molar-refractivity contribution is -0.385. The highest BCUT2D eigenvalue weighted by atomic mass is 19.4. The Morgan fingerprint density at radius 2 is 2.04 bits per heavy atom. The van der Waals surface area contributed by atoms with Crippen molar-refractivity contribution in [3.8, 4) is 0 Å². The molecule has 3 rings (SSSR count). The fourth-order valence-corrected chi connectivity index (χ4v) is 2.47. The molecule has 0 unspecified atom stereocenters. The van der Waals surface area contributed by atoms with Crippen LogP contribution in [0.25, 0.3) is 0 Å². The number of carbonyl (C=O) groups excluding carboxylic acids is 1. The number of carbonyl (C=O) groups is 1. The summed E-state index contributed by atoms with van der Waals surface area (Å²) in [7, 11) is 0. The summed E-state index contributed by atoms with van der Waals surface area (Å²) in [4.78, 5) is 22.8. The smallest absolute Gasteiger partial charge is 0.360 e. The third-order valence-corrected chi connectivity index (χ3v) is 3.83. The number of nitro benzene ring substituents is 1. The molecule has 0 radical (unpaired) electrons. The van der Waals surface area contributed by atoms with Gasteiger partial charge in [-0.2, -0.15) is 13.2 Å². The second kappa shape index (κ2) is 5.43. The minimum Gasteiger partial charge on any atom is -0.360 e. The predicted octanol–water partition coefficient (Wildman–Crippen LogP) is 4.02. The Kier molecular flexibility index (Phi) is 3.66. The van der Waals surface area contributed by atoms with Gasteiger partial charge in [0.05, 0.1) is 21.7 Å². The van der Waals surface area contributed by atoms with Gasteiger partial charge in [-0.05, 0) is 31.9 Å². The number of benzene rings is 1. The van der Waals surface area contributed by atoms with Gasteiger partial charge in [-0.15, -0.1) is 0 Å². The van der Waals surface area contributed by atoms with Crippen LogP contribution in [0.1, 0.15) is 51.7 Å². The van der Waals surface area contributed by atoms with E-state index in [1.165, 1.54) is 6.92 Å². The van der Waals surface area contributed by atoms with Gasteiger partial charge in [0.25, 0.3) is 5.69 Å². The lowest BCUT2D eigenvalue weighted by Crippen LogP contribution is -2.11. The van der Waals surface area contributed by atoms with Gasteiger partial charge in [-0.3, -0.25) is 14.9 Å². The standard InChI is InChI=1S/C15H11F3N2O4/c1-7-12(14(24-19-7)8-2-3-8)13(21)10-5-4-9(15(16,17)18)6-11(10)20(22)23/h4-6,8H,2-3H2,1H3. The van der Waals surface area contributed by atoms with Crippen molar-refractivity contribution >= 4 is 11.5 Å². The molecule has 1 aliphatic carbocycles. The van der Waals surface area contributed by atoms with Gasteiger partial charge in [-0.1, -0.05) is 5.16 Å². The summed E-state index contributed by atoms with van der Waals surface area (Å²) in [6, 6.07) is 1.85. The highest BCUT2D eigenvalue weighted by molar-refractivity contribution is 6.12. The zero-order valence-electron chi connectivity index (χ0n) is 12.4. The van der Waals surface area contributed by atoms with Crippen molar-refractivity contribution in [1.29, 1.82) is 0 Å². The maximum absolute atomic E-state index is 12.7. The van der Waals surface area contributed by atoms with Gasteiger partial charge in [0.15, 0.2) is 5.76 Å². The number of hydrogen-bond acceptors (Lipinski definition) is 5. The first kappa shape index (κ1) is 16.2. The van der Waals surface area contributed by atoms with Crippen LogP contribution in [0.3, 0.4) is 0 Å². The van der Waals surface area contributed by atoms with Gasteiger partial charge in [0.1, 0.15) is 5.56 Å². The van der Waals surface area contributed by atoms with Crippen LogP contribution >= 0.6 is 0 Å². The highest BCUT2D eigenvalue weighted by Crippen LogP contribution is 2.43. The second-order valence-corrected chi connectivity index (χ2v) is 5.60. The zero-order valence-corrected chi connectivity index (χ0v) is 12.4. The molecule has 1 fully saturated rings. The Labute approximate surface area is 133 Å². The van der Waals surface area contributed by atoms with E-state index in [-0.39, 0.29) is 17.2 Å². The van der Waals surface area contributed by atoms with Gasteiger partial charge >= 0.3 is 6.18 Å². The molecule has 1 heterocycles. The SMILES string of the molecule is Cc1noc(C2CC2)c1C(=O)c1ccc(C(F)(F)F)cc1[N+](=O)[O-]. The molecule has 6 nitrogen and oxygen atoms in total. The summed E-state index contributed by atoms with van der Waals surface area (Å²) >= 11 is 0. The molecular weight excluding hydrogens is 329 g/mol. The van der Waals surface area contributed by atoms with E-state index in [0.717, 1.165) is 18.9 Å². The second-order valence-electron chi connectivity index (χ2n) is 5.60. The molecule has 9 heteroatoms. The Balaban J connectivity index is 2.10. The van der Waals surface area contributed by atoms with Crippen LogP contribution in [0.2, 0.25) is 0 Å². The molecule has 0 bridgehead atoms. The van der Waals surface area contributed by atoms with Gasteiger partial charge in [0.2, 0.25) is 5.78 Å². The van der Waals surface area contributed by atoms with Crippen LogP contribution in [-0.4, -0.2) is 15.9 Å². The Bertz CT molecular complexity index is 838. The molecule has 24 heavy (non-hydrogen) atoms. The van der Waals surface area contributed by atoms with E-state index in [1.54, 1.807) is 0 Å². The number of aromatic nitrogens is 1. The molecule has 0 atom stereocenters. The first-order chi connectivity index (χ1) is 11.2. The molecule has 0 saturated heterocycles. The quantitative estimate of drug-likeness (QED) is 0.477. The van der Waals surface area contributed by atoms with E-state index >= 15 is 0 Å². The lowest BCUT2D eigenvalue weighted by atomic mass is 9.97. The summed E-state index contributed by atoms with van der Waals surface area (Å²) < 4.78 is 43.4. The molecule has 1 aromatic carbocycles. The van der Waals surface area contributed by atoms with Gasteiger partial charge < -0.3 is 4.52 Å². The van der Waals surface area contributed by atoms with Crippen LogP contribution in [0.5, 0.6) is 0 Å². The van der Waals surface area contributed by atoms with Crippen LogP contribution in [-0.2, 0) is 6.18 Å². The van der Waals surface area contributed by atoms with Crippen molar-refractivity contribution in [2.75, 3.05) is 0 Å². The predicted molar refractivity (Wildman–Crippen MR) is 74.7 cm³/mol. The van der Waals surface area contributed by atoms with Crippen molar-refractivity contribution < 1.29 is 27.4 Å². The Hall–Kier alpha value is -2.71. The minimum absolute atomic E-state index is 0.0265. The number of halogens is 3. The van der Waals surface area contributed by atoms with Crippen LogP contribution in [0.15, 0.2) is 22.7 Å². The van der Waals surface area contributed by atoms with Gasteiger partial charge in [-0.25, -0.2) is 0 Å². The van der Waals surface area contributed by atoms with Gasteiger partial charge in [0, 0.05) is 12.0 Å². The summed E-state index contributed by atoms with van der Waals surface area (Å²) in [5.41, 5.74) is -2.13. The average Bonchev–Trinajstić information content (AvgIpc) is 3.28. The van der Waals surface area contributed by atoms with Crippen molar-refractivity contribution in [3.63, 3.8) is 0 Å². The van der Waals surface area contributed by atoms with E-state index in [1.807, 2.05) is 0 Å². The topological polar surface area (TPSA) is 86.2 Å². The summed E-state index contributed by atoms with van der Waals surface area (Å²) in [5.74, 6) is -0.388. The monoisotopic (exact) mass is 340 g/mol. The van der Waals surface area contributed by atoms with E-state index in [9.17, 15) is 28.1 Å². The van der Waals surface area contributed by atoms with Crippen LogP contribution in [0, 0.1) is 17.0 Å². The van der Waals surface area contributed by atoms with E-state index < -0.39 is 33.7 Å². The Morgan fingerprint density at radius 1 is 1.38 bits per heavy atom. The number of rotatable bonds is 4. The van der Waals surface area contributed by atoms with E-state index in [0.29, 0.717) is 17.9 Å². The molecule has 0 amide bonds. The zero-order chi connectivity index (χ0) is 17.6. The van der Waals surface area contributed by atoms with Crippen molar-refractivity contribution in [2.24, 2.45) is 0 Å². The third kappa shape index (κ3) is 2.77. The third-order valence-electron chi connectivity index (χ3n) is 3.83. The fraction of sp³-hybridized carbons (Fsp3) is 0.333. The number of aryl methyl sites for hydroxylation is 1. The van der Waals surface area contributed by atoms with Crippen LogP contribution < -0.4 is 0 Å². The maximum Gasteiger partial charge on any atom is 0.416 e. The molecule has 0 N–H and O–H groups in total. The highest BCUT2D eigenvalue weighted by Gasteiger charge is 2.38. The number of nitrogens with zero attached hydrogens (tertiary/aromatic N) is 2. The lowest BCUT2D eigenvalue weighted by Gasteiger charge is -2.08. The molecule has 2 aromatic rings. The molecule has 1 saturated carbocycles. The van der Waals surface area contributed by atoms with E-state index in [4.69, 9.17) is 4.52 Å². The number of hydrogen-bond donors (Lipinski definition) is 0. The molecule has 126 valence electrons. The minimum atomic E-state index is -4.74. The number of nitro groups is 1. The first-order valence-electron chi connectivity index (χ1n) is 7.06. The molecule has 0 spiro atoms. The normalized spacial score (nSPS) is 14.7.